The molecule has 2 aromatic carbocycles. The van der Waals surface area contributed by atoms with E-state index in [1.807, 2.05) is 13.8 Å². The first kappa shape index (κ1) is 48.9. The van der Waals surface area contributed by atoms with E-state index in [1.165, 1.54) is 18.1 Å². The Labute approximate surface area is 373 Å². The van der Waals surface area contributed by atoms with Crippen LogP contribution in [-0.4, -0.2) is 105 Å². The lowest BCUT2D eigenvalue weighted by molar-refractivity contribution is -0.130. The third-order valence-electron chi connectivity index (χ3n) is 13.3. The maximum absolute atomic E-state index is 14.4. The third-order valence-corrected chi connectivity index (χ3v) is 19.3. The molecule has 3 aliphatic rings. The van der Waals surface area contributed by atoms with Crippen LogP contribution in [0.4, 0.5) is 21.0 Å². The number of benzene rings is 2. The zero-order valence-electron chi connectivity index (χ0n) is 38.6. The number of rotatable bonds is 19. The van der Waals surface area contributed by atoms with E-state index in [0.717, 1.165) is 19.3 Å². The molecule has 3 fully saturated rings. The molecule has 5 rings (SSSR count). The number of hydrogen-bond acceptors (Lipinski definition) is 10. The zero-order valence-corrected chi connectivity index (χ0v) is 39.6. The minimum atomic E-state index is -2.51. The molecule has 2 aromatic rings. The molecular formula is C47H69N5O10Si. The van der Waals surface area contributed by atoms with Crippen LogP contribution in [0.3, 0.4) is 0 Å². The van der Waals surface area contributed by atoms with Crippen LogP contribution >= 0.6 is 0 Å². The Kier molecular flexibility index (Phi) is 16.4. The van der Waals surface area contributed by atoms with E-state index in [-0.39, 0.29) is 71.0 Å². The molecule has 0 aromatic heterocycles. The molecule has 2 aliphatic heterocycles. The standard InChI is InChI=1S/C47H69N5O10Si/c1-11-22-60-46(58)51-21-13-14-38(51)42(54)50-41(32(9)12-2)43(55)48-34-17-15-33(16-18-34)27-61-45(57)49-37-24-40(62-63(29(3)4,30(5)6)31(7)8)39(59-10)23-36(37)44(56)52-28-47(19-20-47)25-35(52)26-53/h11,15-18,23-24,29-32,35,38,41,53H,1,12-14,19-22,25-28H2,2-10H3,(H,48,55)(H,49,57)(H,50,54)/t32-,35-,38+,41?/m0/s1. The Balaban J connectivity index is 1.29. The number of methoxy groups -OCH3 is 1. The lowest BCUT2D eigenvalue weighted by Crippen LogP contribution is -2.54. The lowest BCUT2D eigenvalue weighted by Gasteiger charge is -2.42. The van der Waals surface area contributed by atoms with Crippen molar-refractivity contribution in [1.82, 2.24) is 15.1 Å². The fourth-order valence-corrected chi connectivity index (χ4v) is 14.8. The van der Waals surface area contributed by atoms with Crippen molar-refractivity contribution in [2.75, 3.05) is 44.0 Å². The average molecular weight is 892 g/mol. The van der Waals surface area contributed by atoms with Crippen molar-refractivity contribution in [2.45, 2.75) is 135 Å². The van der Waals surface area contributed by atoms with E-state index in [4.69, 9.17) is 18.6 Å². The maximum Gasteiger partial charge on any atom is 0.411 e. The minimum Gasteiger partial charge on any atom is -0.540 e. The Hall–Kier alpha value is -5.09. The Bertz CT molecular complexity index is 1950. The Morgan fingerprint density at radius 2 is 1.60 bits per heavy atom. The number of nitrogens with zero attached hydrogens (tertiary/aromatic N) is 2. The molecule has 4 N–H and O–H groups in total. The van der Waals surface area contributed by atoms with Crippen LogP contribution in [0, 0.1) is 11.3 Å². The molecule has 5 amide bonds. The van der Waals surface area contributed by atoms with Gasteiger partial charge in [0.15, 0.2) is 5.75 Å². The number of ether oxygens (including phenoxy) is 3. The number of likely N-dealkylation sites (tertiary alicyclic amines) is 2. The van der Waals surface area contributed by atoms with Crippen molar-refractivity contribution >= 4 is 49.6 Å². The van der Waals surface area contributed by atoms with Crippen molar-refractivity contribution in [3.05, 3.63) is 60.2 Å². The van der Waals surface area contributed by atoms with E-state index < -0.39 is 44.4 Å². The quantitative estimate of drug-likeness (QED) is 0.0791. The number of anilines is 2. The van der Waals surface area contributed by atoms with Gasteiger partial charge in [-0.3, -0.25) is 24.6 Å². The maximum atomic E-state index is 14.4. The average Bonchev–Trinajstić information content (AvgIpc) is 3.63. The number of aliphatic hydroxyl groups excluding tert-OH is 1. The summed E-state index contributed by atoms with van der Waals surface area (Å²) in [5.41, 5.74) is 2.28. The highest BCUT2D eigenvalue weighted by molar-refractivity contribution is 6.78. The summed E-state index contributed by atoms with van der Waals surface area (Å²) in [4.78, 5) is 70.6. The summed E-state index contributed by atoms with van der Waals surface area (Å²) in [6, 6.07) is 8.11. The number of amides is 5. The van der Waals surface area contributed by atoms with Gasteiger partial charge in [0.2, 0.25) is 11.8 Å². The summed E-state index contributed by atoms with van der Waals surface area (Å²) in [6.45, 7) is 21.1. The molecule has 0 bridgehead atoms. The van der Waals surface area contributed by atoms with Crippen LogP contribution in [0.25, 0.3) is 0 Å². The van der Waals surface area contributed by atoms with Gasteiger partial charge in [0, 0.05) is 24.8 Å². The topological polar surface area (TPSA) is 185 Å². The number of aliphatic hydroxyl groups is 1. The van der Waals surface area contributed by atoms with Crippen molar-refractivity contribution in [3.8, 4) is 11.5 Å². The van der Waals surface area contributed by atoms with E-state index in [9.17, 15) is 29.1 Å². The van der Waals surface area contributed by atoms with E-state index in [1.54, 1.807) is 41.3 Å². The van der Waals surface area contributed by atoms with Crippen molar-refractivity contribution in [1.29, 1.82) is 0 Å². The van der Waals surface area contributed by atoms with Gasteiger partial charge in [-0.15, -0.1) is 0 Å². The molecule has 15 nitrogen and oxygen atoms in total. The highest BCUT2D eigenvalue weighted by atomic mass is 28.4. The van der Waals surface area contributed by atoms with Gasteiger partial charge in [0.25, 0.3) is 14.2 Å². The first-order valence-electron chi connectivity index (χ1n) is 22.4. The molecule has 2 saturated heterocycles. The largest absolute Gasteiger partial charge is 0.540 e. The molecule has 346 valence electrons. The summed E-state index contributed by atoms with van der Waals surface area (Å²) in [5.74, 6) is -0.548. The number of nitrogens with one attached hydrogen (secondary N) is 3. The van der Waals surface area contributed by atoms with Crippen LogP contribution in [0.5, 0.6) is 11.5 Å². The lowest BCUT2D eigenvalue weighted by atomic mass is 9.97. The van der Waals surface area contributed by atoms with Gasteiger partial charge in [0.1, 0.15) is 31.0 Å². The summed E-state index contributed by atoms with van der Waals surface area (Å²) >= 11 is 0. The molecule has 1 spiro atoms. The molecule has 1 unspecified atom stereocenters. The normalized spacial score (nSPS) is 18.9. The number of hydrogen-bond donors (Lipinski definition) is 4. The predicted octanol–water partition coefficient (Wildman–Crippen LogP) is 8.24. The SMILES string of the molecule is C=CCOC(=O)N1CCC[C@@H]1C(=O)NC(C(=O)Nc1ccc(COC(=O)Nc2cc(O[Si](C(C)C)(C(C)C)C(C)C)c(OC)cc2C(=O)N2CC3(CC3)C[C@H]2CO)cc1)[C@@H](C)CC. The van der Waals surface area contributed by atoms with Crippen LogP contribution in [0.15, 0.2) is 49.1 Å². The molecule has 63 heavy (non-hydrogen) atoms. The highest BCUT2D eigenvalue weighted by Crippen LogP contribution is 2.55. The van der Waals surface area contributed by atoms with Gasteiger partial charge in [-0.2, -0.15) is 0 Å². The second-order valence-corrected chi connectivity index (χ2v) is 23.8. The van der Waals surface area contributed by atoms with Gasteiger partial charge in [-0.05, 0) is 83.8 Å². The van der Waals surface area contributed by atoms with Gasteiger partial charge in [-0.1, -0.05) is 86.6 Å². The first-order chi connectivity index (χ1) is 29.9. The summed E-state index contributed by atoms with van der Waals surface area (Å²) in [5, 5.41) is 18.9. The summed E-state index contributed by atoms with van der Waals surface area (Å²) in [7, 11) is -0.974. The van der Waals surface area contributed by atoms with Crippen LogP contribution in [0.1, 0.15) is 110 Å². The second kappa shape index (κ2) is 21.1. The second-order valence-electron chi connectivity index (χ2n) is 18.4. The zero-order chi connectivity index (χ0) is 46.2. The van der Waals surface area contributed by atoms with Gasteiger partial charge >= 0.3 is 12.2 Å². The van der Waals surface area contributed by atoms with Crippen molar-refractivity contribution in [2.24, 2.45) is 11.3 Å². The van der Waals surface area contributed by atoms with E-state index in [0.29, 0.717) is 55.1 Å². The molecule has 1 aliphatic carbocycles. The van der Waals surface area contributed by atoms with Gasteiger partial charge in [-0.25, -0.2) is 9.59 Å². The Morgan fingerprint density at radius 3 is 2.17 bits per heavy atom. The van der Waals surface area contributed by atoms with Crippen LogP contribution in [-0.2, 0) is 25.7 Å². The van der Waals surface area contributed by atoms with E-state index in [2.05, 4.69) is 64.1 Å². The molecule has 4 atom stereocenters. The van der Waals surface area contributed by atoms with E-state index >= 15 is 0 Å². The predicted molar refractivity (Wildman–Crippen MR) is 244 cm³/mol. The van der Waals surface area contributed by atoms with Gasteiger partial charge in [0.05, 0.1) is 31.0 Å². The molecule has 1 saturated carbocycles. The monoisotopic (exact) mass is 891 g/mol. The fourth-order valence-electron chi connectivity index (χ4n) is 9.50. The fraction of sp³-hybridized carbons (Fsp3) is 0.596. The van der Waals surface area contributed by atoms with Crippen molar-refractivity contribution in [3.63, 3.8) is 0 Å². The van der Waals surface area contributed by atoms with Crippen molar-refractivity contribution < 1.29 is 47.7 Å². The smallest absolute Gasteiger partial charge is 0.411 e. The summed E-state index contributed by atoms with van der Waals surface area (Å²) in [6.07, 6.45) is 4.54. The first-order valence-corrected chi connectivity index (χ1v) is 24.6. The van der Waals surface area contributed by atoms with Crippen LogP contribution < -0.4 is 25.1 Å². The molecule has 2 heterocycles. The van der Waals surface area contributed by atoms with Gasteiger partial charge < -0.3 is 39.3 Å². The third kappa shape index (κ3) is 11.2. The number of carbonyl (C=O) groups excluding carboxylic acids is 5. The summed E-state index contributed by atoms with van der Waals surface area (Å²) < 4.78 is 23.7. The van der Waals surface area contributed by atoms with Crippen LogP contribution in [0.2, 0.25) is 16.6 Å². The molecule has 16 heteroatoms. The number of carbonyl (C=O) groups is 5. The highest BCUT2D eigenvalue weighted by Gasteiger charge is 2.53. The minimum absolute atomic E-state index is 0.0329. The molecular weight excluding hydrogens is 823 g/mol. The molecule has 0 radical (unpaired) electrons. The Morgan fingerprint density at radius 1 is 0.937 bits per heavy atom.